The number of hydrogen-bond acceptors (Lipinski definition) is 4. The van der Waals surface area contributed by atoms with E-state index >= 15 is 0 Å². The number of ether oxygens (including phenoxy) is 1. The number of rotatable bonds is 3. The zero-order valence-corrected chi connectivity index (χ0v) is 11.8. The number of benzene rings is 1. The first kappa shape index (κ1) is 14.1. The number of nitrogens with zero attached hydrogens (tertiary/aromatic N) is 1. The molecule has 0 bridgehead atoms. The van der Waals surface area contributed by atoms with Crippen LogP contribution in [0.2, 0.25) is 0 Å². The predicted octanol–water partition coefficient (Wildman–Crippen LogP) is 3.72. The van der Waals surface area contributed by atoms with E-state index in [0.29, 0.717) is 17.4 Å². The van der Waals surface area contributed by atoms with Crippen molar-refractivity contribution in [3.8, 4) is 5.88 Å². The maximum Gasteiger partial charge on any atom is 0.239 e. The lowest BCUT2D eigenvalue weighted by atomic mass is 10.2. The second kappa shape index (κ2) is 5.36. The third-order valence-corrected chi connectivity index (χ3v) is 2.41. The van der Waals surface area contributed by atoms with Crippen LogP contribution in [-0.2, 0) is 0 Å². The normalized spacial score (nSPS) is 11.2. The Kier molecular flexibility index (Phi) is 3.79. The SMILES string of the molecule is CC(C)(C)Oc1nc(Nc2ccc(F)cc2)ccc1N. The fourth-order valence-electron chi connectivity index (χ4n) is 1.57. The van der Waals surface area contributed by atoms with Crippen LogP contribution in [0.3, 0.4) is 0 Å². The van der Waals surface area contributed by atoms with Gasteiger partial charge in [-0.05, 0) is 57.2 Å². The summed E-state index contributed by atoms with van der Waals surface area (Å²) in [6.45, 7) is 5.77. The molecule has 0 aliphatic heterocycles. The number of nitrogens with two attached hydrogens (primary N) is 1. The molecule has 20 heavy (non-hydrogen) atoms. The standard InChI is InChI=1S/C15H18FN3O/c1-15(2,3)20-14-12(17)8-9-13(19-14)18-11-6-4-10(16)5-7-11/h4-9H,17H2,1-3H3,(H,18,19). The quantitative estimate of drug-likeness (QED) is 0.896. The van der Waals surface area contributed by atoms with Crippen molar-refractivity contribution in [3.63, 3.8) is 0 Å². The maximum absolute atomic E-state index is 12.8. The number of hydrogen-bond donors (Lipinski definition) is 2. The summed E-state index contributed by atoms with van der Waals surface area (Å²) in [5.74, 6) is 0.687. The maximum atomic E-state index is 12.8. The first-order valence-electron chi connectivity index (χ1n) is 6.32. The molecule has 0 amide bonds. The van der Waals surface area contributed by atoms with Crippen LogP contribution >= 0.6 is 0 Å². The Bertz CT molecular complexity index is 591. The van der Waals surface area contributed by atoms with Gasteiger partial charge in [0.25, 0.3) is 0 Å². The molecule has 0 atom stereocenters. The summed E-state index contributed by atoms with van der Waals surface area (Å²) in [7, 11) is 0. The van der Waals surface area contributed by atoms with Crippen molar-refractivity contribution in [1.82, 2.24) is 4.98 Å². The fraction of sp³-hybridized carbons (Fsp3) is 0.267. The lowest BCUT2D eigenvalue weighted by molar-refractivity contribution is 0.125. The van der Waals surface area contributed by atoms with Gasteiger partial charge in [-0.3, -0.25) is 0 Å². The average molecular weight is 275 g/mol. The number of nitrogens with one attached hydrogen (secondary N) is 1. The Morgan fingerprint density at radius 1 is 1.10 bits per heavy atom. The lowest BCUT2D eigenvalue weighted by Crippen LogP contribution is -2.24. The monoisotopic (exact) mass is 275 g/mol. The molecule has 0 aliphatic rings. The molecular weight excluding hydrogens is 257 g/mol. The molecule has 1 aromatic heterocycles. The van der Waals surface area contributed by atoms with Gasteiger partial charge in [-0.2, -0.15) is 4.98 Å². The summed E-state index contributed by atoms with van der Waals surface area (Å²) in [6.07, 6.45) is 0. The van der Waals surface area contributed by atoms with Gasteiger partial charge in [-0.1, -0.05) is 0 Å². The summed E-state index contributed by atoms with van der Waals surface area (Å²) >= 11 is 0. The highest BCUT2D eigenvalue weighted by atomic mass is 19.1. The number of nitrogen functional groups attached to an aromatic ring is 1. The molecule has 5 heteroatoms. The summed E-state index contributed by atoms with van der Waals surface area (Å²) < 4.78 is 18.5. The predicted molar refractivity (Wildman–Crippen MR) is 78.7 cm³/mol. The van der Waals surface area contributed by atoms with Crippen LogP contribution in [0, 0.1) is 5.82 Å². The van der Waals surface area contributed by atoms with E-state index in [-0.39, 0.29) is 11.4 Å². The topological polar surface area (TPSA) is 60.2 Å². The first-order chi connectivity index (χ1) is 9.33. The minimum Gasteiger partial charge on any atom is -0.470 e. The van der Waals surface area contributed by atoms with E-state index in [9.17, 15) is 4.39 Å². The smallest absolute Gasteiger partial charge is 0.239 e. The molecule has 0 aliphatic carbocycles. The molecule has 4 nitrogen and oxygen atoms in total. The molecule has 0 saturated heterocycles. The van der Waals surface area contributed by atoms with E-state index in [1.54, 1.807) is 24.3 Å². The molecule has 2 aromatic rings. The van der Waals surface area contributed by atoms with Gasteiger partial charge in [0, 0.05) is 5.69 Å². The molecule has 0 fully saturated rings. The highest BCUT2D eigenvalue weighted by Gasteiger charge is 2.15. The van der Waals surface area contributed by atoms with Gasteiger partial charge in [0.1, 0.15) is 17.2 Å². The molecule has 0 saturated carbocycles. The third-order valence-electron chi connectivity index (χ3n) is 2.41. The molecule has 106 valence electrons. The van der Waals surface area contributed by atoms with Gasteiger partial charge >= 0.3 is 0 Å². The highest BCUT2D eigenvalue weighted by molar-refractivity contribution is 5.60. The largest absolute Gasteiger partial charge is 0.470 e. The van der Waals surface area contributed by atoms with Crippen LogP contribution in [0.15, 0.2) is 36.4 Å². The molecule has 3 N–H and O–H groups in total. The van der Waals surface area contributed by atoms with Gasteiger partial charge in [0.2, 0.25) is 5.88 Å². The second-order valence-corrected chi connectivity index (χ2v) is 5.44. The zero-order chi connectivity index (χ0) is 14.8. The van der Waals surface area contributed by atoms with Crippen LogP contribution in [-0.4, -0.2) is 10.6 Å². The van der Waals surface area contributed by atoms with E-state index in [1.807, 2.05) is 20.8 Å². The van der Waals surface area contributed by atoms with Crippen LogP contribution in [0.5, 0.6) is 5.88 Å². The van der Waals surface area contributed by atoms with Crippen molar-refractivity contribution in [1.29, 1.82) is 0 Å². The molecule has 0 unspecified atom stereocenters. The summed E-state index contributed by atoms with van der Waals surface area (Å²) in [5, 5.41) is 3.07. The van der Waals surface area contributed by atoms with Crippen molar-refractivity contribution < 1.29 is 9.13 Å². The average Bonchev–Trinajstić information content (AvgIpc) is 2.34. The molecule has 0 radical (unpaired) electrons. The minimum atomic E-state index is -0.379. The van der Waals surface area contributed by atoms with Gasteiger partial charge in [-0.15, -0.1) is 0 Å². The van der Waals surface area contributed by atoms with Crippen molar-refractivity contribution in [2.45, 2.75) is 26.4 Å². The van der Waals surface area contributed by atoms with Crippen LogP contribution in [0.4, 0.5) is 21.6 Å². The Hall–Kier alpha value is -2.30. The van der Waals surface area contributed by atoms with Gasteiger partial charge < -0.3 is 15.8 Å². The molecule has 1 heterocycles. The summed E-state index contributed by atoms with van der Waals surface area (Å²) in [4.78, 5) is 4.32. The number of halogens is 1. The van der Waals surface area contributed by atoms with E-state index in [4.69, 9.17) is 10.5 Å². The van der Waals surface area contributed by atoms with Crippen molar-refractivity contribution in [3.05, 3.63) is 42.2 Å². The molecule has 2 rings (SSSR count). The van der Waals surface area contributed by atoms with Crippen molar-refractivity contribution in [2.75, 3.05) is 11.1 Å². The third kappa shape index (κ3) is 3.85. The minimum absolute atomic E-state index is 0.280. The summed E-state index contributed by atoms with van der Waals surface area (Å²) in [5.41, 5.74) is 6.68. The van der Waals surface area contributed by atoms with Crippen LogP contribution in [0.1, 0.15) is 20.8 Å². The van der Waals surface area contributed by atoms with Gasteiger partial charge in [0.05, 0.1) is 5.69 Å². The Labute approximate surface area is 117 Å². The van der Waals surface area contributed by atoms with E-state index in [0.717, 1.165) is 5.69 Å². The Morgan fingerprint density at radius 3 is 2.35 bits per heavy atom. The van der Waals surface area contributed by atoms with Crippen LogP contribution < -0.4 is 15.8 Å². The van der Waals surface area contributed by atoms with Gasteiger partial charge in [-0.25, -0.2) is 4.39 Å². The molecular formula is C15H18FN3O. The first-order valence-corrected chi connectivity index (χ1v) is 6.32. The highest BCUT2D eigenvalue weighted by Crippen LogP contribution is 2.26. The fourth-order valence-corrected chi connectivity index (χ4v) is 1.57. The zero-order valence-electron chi connectivity index (χ0n) is 11.8. The van der Waals surface area contributed by atoms with E-state index in [1.165, 1.54) is 12.1 Å². The Balaban J connectivity index is 2.20. The van der Waals surface area contributed by atoms with E-state index < -0.39 is 0 Å². The van der Waals surface area contributed by atoms with Gasteiger partial charge in [0.15, 0.2) is 0 Å². The van der Waals surface area contributed by atoms with Crippen LogP contribution in [0.25, 0.3) is 0 Å². The molecule has 1 aromatic carbocycles. The number of aromatic nitrogens is 1. The number of anilines is 3. The molecule has 0 spiro atoms. The lowest BCUT2D eigenvalue weighted by Gasteiger charge is -2.21. The van der Waals surface area contributed by atoms with Crippen molar-refractivity contribution >= 4 is 17.2 Å². The Morgan fingerprint density at radius 2 is 1.75 bits per heavy atom. The van der Waals surface area contributed by atoms with Crippen molar-refractivity contribution in [2.24, 2.45) is 0 Å². The second-order valence-electron chi connectivity index (χ2n) is 5.44. The van der Waals surface area contributed by atoms with E-state index in [2.05, 4.69) is 10.3 Å². The number of pyridine rings is 1. The summed E-state index contributed by atoms with van der Waals surface area (Å²) in [6, 6.07) is 9.50.